The van der Waals surface area contributed by atoms with Gasteiger partial charge in [-0.15, -0.1) is 0 Å². The molecule has 0 aromatic heterocycles. The zero-order chi connectivity index (χ0) is 11.1. The smallest absolute Gasteiger partial charge is 0.0336 e. The van der Waals surface area contributed by atoms with Crippen molar-refractivity contribution in [3.63, 3.8) is 0 Å². The Balaban J connectivity index is 2.12. The van der Waals surface area contributed by atoms with Crippen LogP contribution in [-0.2, 0) is 0 Å². The second-order valence-electron chi connectivity index (χ2n) is 6.47. The van der Waals surface area contributed by atoms with E-state index in [0.717, 1.165) is 12.6 Å². The summed E-state index contributed by atoms with van der Waals surface area (Å²) in [5.41, 5.74) is 6.88. The summed E-state index contributed by atoms with van der Waals surface area (Å²) in [6, 6.07) is 0.836. The van der Waals surface area contributed by atoms with Gasteiger partial charge in [-0.3, -0.25) is 4.90 Å². The standard InChI is InChI=1S/C13H26N2/c1-12(2)7-4-8-13(9-12,10-14)15(3)11-5-6-11/h11H,4-10,14H2,1-3H3. The molecule has 2 fully saturated rings. The average molecular weight is 210 g/mol. The van der Waals surface area contributed by atoms with Crippen LogP contribution >= 0.6 is 0 Å². The van der Waals surface area contributed by atoms with Gasteiger partial charge in [-0.2, -0.15) is 0 Å². The highest BCUT2D eigenvalue weighted by molar-refractivity contribution is 5.02. The summed E-state index contributed by atoms with van der Waals surface area (Å²) in [6.45, 7) is 5.64. The Kier molecular flexibility index (Phi) is 2.85. The van der Waals surface area contributed by atoms with Crippen LogP contribution in [0.3, 0.4) is 0 Å². The first kappa shape index (κ1) is 11.4. The monoisotopic (exact) mass is 210 g/mol. The molecule has 2 heteroatoms. The fourth-order valence-electron chi connectivity index (χ4n) is 3.43. The minimum Gasteiger partial charge on any atom is -0.329 e. The zero-order valence-electron chi connectivity index (χ0n) is 10.6. The van der Waals surface area contributed by atoms with E-state index in [0.29, 0.717) is 11.0 Å². The molecule has 0 aromatic rings. The van der Waals surface area contributed by atoms with Crippen LogP contribution in [0.15, 0.2) is 0 Å². The van der Waals surface area contributed by atoms with Gasteiger partial charge in [0.15, 0.2) is 0 Å². The highest BCUT2D eigenvalue weighted by atomic mass is 15.2. The van der Waals surface area contributed by atoms with Crippen molar-refractivity contribution in [2.24, 2.45) is 11.1 Å². The summed E-state index contributed by atoms with van der Waals surface area (Å²) in [5, 5.41) is 0. The first-order chi connectivity index (χ1) is 6.99. The molecule has 2 nitrogen and oxygen atoms in total. The maximum atomic E-state index is 6.08. The van der Waals surface area contributed by atoms with Crippen molar-refractivity contribution in [2.75, 3.05) is 13.6 Å². The minimum atomic E-state index is 0.308. The van der Waals surface area contributed by atoms with Gasteiger partial charge in [-0.25, -0.2) is 0 Å². The summed E-state index contributed by atoms with van der Waals surface area (Å²) in [5.74, 6) is 0. The molecule has 2 aliphatic rings. The molecule has 2 aliphatic carbocycles. The maximum Gasteiger partial charge on any atom is 0.0336 e. The summed E-state index contributed by atoms with van der Waals surface area (Å²) < 4.78 is 0. The highest BCUT2D eigenvalue weighted by Gasteiger charge is 2.46. The Labute approximate surface area is 94.2 Å². The lowest BCUT2D eigenvalue weighted by molar-refractivity contribution is 0.0222. The molecule has 0 radical (unpaired) electrons. The molecular weight excluding hydrogens is 184 g/mol. The topological polar surface area (TPSA) is 29.3 Å². The Morgan fingerprint density at radius 3 is 2.40 bits per heavy atom. The van der Waals surface area contributed by atoms with Crippen LogP contribution in [0.5, 0.6) is 0 Å². The second-order valence-corrected chi connectivity index (χ2v) is 6.47. The molecule has 0 amide bonds. The molecular formula is C13H26N2. The van der Waals surface area contributed by atoms with Crippen molar-refractivity contribution in [1.82, 2.24) is 4.90 Å². The lowest BCUT2D eigenvalue weighted by atomic mass is 9.67. The van der Waals surface area contributed by atoms with E-state index in [2.05, 4.69) is 25.8 Å². The van der Waals surface area contributed by atoms with Crippen LogP contribution < -0.4 is 5.73 Å². The normalized spacial score (nSPS) is 35.8. The average Bonchev–Trinajstić information content (AvgIpc) is 2.98. The third kappa shape index (κ3) is 2.21. The highest BCUT2D eigenvalue weighted by Crippen LogP contribution is 2.46. The van der Waals surface area contributed by atoms with E-state index in [1.807, 2.05) is 0 Å². The first-order valence-corrected chi connectivity index (χ1v) is 6.42. The van der Waals surface area contributed by atoms with E-state index in [1.165, 1.54) is 38.5 Å². The number of hydrogen-bond acceptors (Lipinski definition) is 2. The molecule has 0 spiro atoms. The van der Waals surface area contributed by atoms with E-state index < -0.39 is 0 Å². The van der Waals surface area contributed by atoms with Crippen molar-refractivity contribution in [3.05, 3.63) is 0 Å². The van der Waals surface area contributed by atoms with Crippen LogP contribution in [0.1, 0.15) is 52.4 Å². The number of nitrogens with zero attached hydrogens (tertiary/aromatic N) is 1. The minimum absolute atomic E-state index is 0.308. The third-order valence-corrected chi connectivity index (χ3v) is 4.53. The number of nitrogens with two attached hydrogens (primary N) is 1. The lowest BCUT2D eigenvalue weighted by Gasteiger charge is -2.50. The predicted molar refractivity (Wildman–Crippen MR) is 64.8 cm³/mol. The zero-order valence-corrected chi connectivity index (χ0v) is 10.6. The molecule has 2 saturated carbocycles. The first-order valence-electron chi connectivity index (χ1n) is 6.42. The lowest BCUT2D eigenvalue weighted by Crippen LogP contribution is -2.56. The van der Waals surface area contributed by atoms with Gasteiger partial charge in [-0.05, 0) is 44.6 Å². The predicted octanol–water partition coefficient (Wildman–Crippen LogP) is 2.38. The van der Waals surface area contributed by atoms with Gasteiger partial charge in [0.05, 0.1) is 0 Å². The van der Waals surface area contributed by atoms with Gasteiger partial charge in [0.2, 0.25) is 0 Å². The maximum absolute atomic E-state index is 6.08. The van der Waals surface area contributed by atoms with Crippen LogP contribution in [-0.4, -0.2) is 30.1 Å². The third-order valence-electron chi connectivity index (χ3n) is 4.53. The molecule has 1 unspecified atom stereocenters. The van der Waals surface area contributed by atoms with Gasteiger partial charge in [0, 0.05) is 18.1 Å². The molecule has 2 N–H and O–H groups in total. The van der Waals surface area contributed by atoms with Crippen LogP contribution in [0.25, 0.3) is 0 Å². The number of likely N-dealkylation sites (N-methyl/N-ethyl adjacent to an activating group) is 1. The van der Waals surface area contributed by atoms with Gasteiger partial charge in [-0.1, -0.05) is 20.3 Å². The van der Waals surface area contributed by atoms with Crippen molar-refractivity contribution in [2.45, 2.75) is 64.0 Å². The molecule has 88 valence electrons. The van der Waals surface area contributed by atoms with Gasteiger partial charge in [0.1, 0.15) is 0 Å². The van der Waals surface area contributed by atoms with Crippen LogP contribution in [0.4, 0.5) is 0 Å². The molecule has 1 atom stereocenters. The SMILES string of the molecule is CN(C1CC1)C1(CN)CCCC(C)(C)C1. The van der Waals surface area contributed by atoms with Crippen molar-refractivity contribution >= 4 is 0 Å². The molecule has 0 heterocycles. The Morgan fingerprint density at radius 2 is 1.93 bits per heavy atom. The summed E-state index contributed by atoms with van der Waals surface area (Å²) in [6.07, 6.45) is 8.08. The van der Waals surface area contributed by atoms with Crippen molar-refractivity contribution in [3.8, 4) is 0 Å². The molecule has 0 aromatic carbocycles. The fourth-order valence-corrected chi connectivity index (χ4v) is 3.43. The van der Waals surface area contributed by atoms with E-state index in [4.69, 9.17) is 5.73 Å². The van der Waals surface area contributed by atoms with Crippen molar-refractivity contribution in [1.29, 1.82) is 0 Å². The largest absolute Gasteiger partial charge is 0.329 e. The molecule has 15 heavy (non-hydrogen) atoms. The molecule has 0 saturated heterocycles. The number of hydrogen-bond donors (Lipinski definition) is 1. The summed E-state index contributed by atoms with van der Waals surface area (Å²) in [7, 11) is 2.30. The van der Waals surface area contributed by atoms with Crippen LogP contribution in [0, 0.1) is 5.41 Å². The van der Waals surface area contributed by atoms with E-state index in [9.17, 15) is 0 Å². The molecule has 0 bridgehead atoms. The van der Waals surface area contributed by atoms with Gasteiger partial charge >= 0.3 is 0 Å². The van der Waals surface area contributed by atoms with Crippen LogP contribution in [0.2, 0.25) is 0 Å². The Morgan fingerprint density at radius 1 is 1.27 bits per heavy atom. The van der Waals surface area contributed by atoms with Gasteiger partial charge in [0.25, 0.3) is 0 Å². The Bertz CT molecular complexity index is 233. The van der Waals surface area contributed by atoms with E-state index in [1.54, 1.807) is 0 Å². The van der Waals surface area contributed by atoms with Gasteiger partial charge < -0.3 is 5.73 Å². The van der Waals surface area contributed by atoms with Crippen molar-refractivity contribution < 1.29 is 0 Å². The quantitative estimate of drug-likeness (QED) is 0.775. The second kappa shape index (κ2) is 3.74. The summed E-state index contributed by atoms with van der Waals surface area (Å²) >= 11 is 0. The molecule has 0 aliphatic heterocycles. The molecule has 2 rings (SSSR count). The fraction of sp³-hybridized carbons (Fsp3) is 1.00. The van der Waals surface area contributed by atoms with E-state index >= 15 is 0 Å². The summed E-state index contributed by atoms with van der Waals surface area (Å²) in [4.78, 5) is 2.61. The number of rotatable bonds is 3. The Hall–Kier alpha value is -0.0800. The van der Waals surface area contributed by atoms with E-state index in [-0.39, 0.29) is 0 Å².